The summed E-state index contributed by atoms with van der Waals surface area (Å²) in [5.41, 5.74) is -1.42. The van der Waals surface area contributed by atoms with Crippen LogP contribution >= 0.6 is 11.3 Å². The van der Waals surface area contributed by atoms with E-state index in [-0.39, 0.29) is 18.7 Å². The lowest BCUT2D eigenvalue weighted by Gasteiger charge is -2.40. The molecule has 1 aromatic carbocycles. The van der Waals surface area contributed by atoms with Crippen LogP contribution in [0.3, 0.4) is 0 Å². The molecule has 1 atom stereocenters. The topological polar surface area (TPSA) is 56.7 Å². The van der Waals surface area contributed by atoms with Crippen molar-refractivity contribution in [3.05, 3.63) is 52.0 Å². The second-order valence-electron chi connectivity index (χ2n) is 6.67. The molecule has 26 heavy (non-hydrogen) atoms. The number of amides is 1. The van der Waals surface area contributed by atoms with Crippen molar-refractivity contribution in [2.24, 2.45) is 0 Å². The highest BCUT2D eigenvalue weighted by Gasteiger charge is 2.43. The number of hydrogen-bond donors (Lipinski definition) is 1. The Balaban J connectivity index is 1.68. The first-order chi connectivity index (χ1) is 12.4. The third kappa shape index (κ3) is 4.08. The van der Waals surface area contributed by atoms with Crippen molar-refractivity contribution >= 4 is 17.2 Å². The lowest BCUT2D eigenvalue weighted by Crippen LogP contribution is -2.57. The third-order valence-electron chi connectivity index (χ3n) is 4.52. The van der Waals surface area contributed by atoms with Crippen LogP contribution in [0.2, 0.25) is 0 Å². The van der Waals surface area contributed by atoms with E-state index in [0.29, 0.717) is 25.9 Å². The van der Waals surface area contributed by atoms with Gasteiger partial charge in [0, 0.05) is 36.8 Å². The Labute approximate surface area is 154 Å². The molecule has 1 aliphatic heterocycles. The zero-order valence-corrected chi connectivity index (χ0v) is 15.3. The molecule has 1 fully saturated rings. The predicted octanol–water partition coefficient (Wildman–Crippen LogP) is 2.41. The highest BCUT2D eigenvalue weighted by molar-refractivity contribution is 7.09. The van der Waals surface area contributed by atoms with E-state index in [1.54, 1.807) is 6.20 Å². The van der Waals surface area contributed by atoms with E-state index in [2.05, 4.69) is 4.98 Å². The van der Waals surface area contributed by atoms with Gasteiger partial charge in [-0.05, 0) is 26.0 Å². The summed E-state index contributed by atoms with van der Waals surface area (Å²) >= 11 is 1.51. The standard InChI is InChI=1S/C18H21F2N3O2S/c1-22(11-15-21-7-9-26-15)12-18(25)6-3-8-23(17(18)24)10-13-4-2-5-14(19)16(13)20/h2,4-5,7,9,25H,3,6,8,10-12H2,1H3/t18-/m1/s1. The molecule has 0 radical (unpaired) electrons. The molecule has 1 amide bonds. The minimum atomic E-state index is -1.53. The maximum atomic E-state index is 13.9. The fourth-order valence-corrected chi connectivity index (χ4v) is 4.00. The van der Waals surface area contributed by atoms with Crippen LogP contribution in [0.4, 0.5) is 8.78 Å². The number of likely N-dealkylation sites (N-methyl/N-ethyl adjacent to an activating group) is 1. The highest BCUT2D eigenvalue weighted by atomic mass is 32.1. The average molecular weight is 381 g/mol. The molecule has 140 valence electrons. The number of halogens is 2. The van der Waals surface area contributed by atoms with Gasteiger partial charge in [-0.2, -0.15) is 0 Å². The van der Waals surface area contributed by atoms with Crippen molar-refractivity contribution in [3.63, 3.8) is 0 Å². The summed E-state index contributed by atoms with van der Waals surface area (Å²) < 4.78 is 27.3. The Bertz CT molecular complexity index is 772. The summed E-state index contributed by atoms with van der Waals surface area (Å²) in [5.74, 6) is -2.33. The van der Waals surface area contributed by atoms with Crippen molar-refractivity contribution in [2.45, 2.75) is 31.5 Å². The molecule has 0 unspecified atom stereocenters. The summed E-state index contributed by atoms with van der Waals surface area (Å²) in [6.07, 6.45) is 2.66. The number of carbonyl (C=O) groups is 1. The molecule has 1 saturated heterocycles. The molecule has 0 spiro atoms. The van der Waals surface area contributed by atoms with E-state index < -0.39 is 23.1 Å². The van der Waals surface area contributed by atoms with Crippen molar-refractivity contribution in [3.8, 4) is 0 Å². The molecule has 0 bridgehead atoms. The van der Waals surface area contributed by atoms with Gasteiger partial charge in [-0.15, -0.1) is 11.3 Å². The van der Waals surface area contributed by atoms with Crippen molar-refractivity contribution < 1.29 is 18.7 Å². The second kappa shape index (κ2) is 7.77. The molecule has 8 heteroatoms. The molecular formula is C18H21F2N3O2S. The van der Waals surface area contributed by atoms with E-state index in [1.165, 1.54) is 28.4 Å². The van der Waals surface area contributed by atoms with Crippen molar-refractivity contribution in [1.29, 1.82) is 0 Å². The van der Waals surface area contributed by atoms with Gasteiger partial charge in [0.05, 0.1) is 6.54 Å². The minimum absolute atomic E-state index is 0.0546. The Morgan fingerprint density at radius 2 is 2.23 bits per heavy atom. The van der Waals surface area contributed by atoms with Gasteiger partial charge in [-0.25, -0.2) is 13.8 Å². The maximum Gasteiger partial charge on any atom is 0.256 e. The summed E-state index contributed by atoms with van der Waals surface area (Å²) in [5, 5.41) is 13.7. The Hall–Kier alpha value is -1.90. The minimum Gasteiger partial charge on any atom is -0.379 e. The first kappa shape index (κ1) is 18.9. The zero-order valence-electron chi connectivity index (χ0n) is 14.5. The lowest BCUT2D eigenvalue weighted by atomic mass is 9.90. The number of rotatable bonds is 6. The Morgan fingerprint density at radius 1 is 1.42 bits per heavy atom. The monoisotopic (exact) mass is 381 g/mol. The molecule has 2 aromatic rings. The molecule has 0 aliphatic carbocycles. The molecule has 1 aliphatic rings. The third-order valence-corrected chi connectivity index (χ3v) is 5.28. The number of hydrogen-bond acceptors (Lipinski definition) is 5. The van der Waals surface area contributed by atoms with E-state index in [4.69, 9.17) is 0 Å². The van der Waals surface area contributed by atoms with Gasteiger partial charge in [-0.1, -0.05) is 12.1 Å². The molecule has 2 heterocycles. The first-order valence-electron chi connectivity index (χ1n) is 8.40. The van der Waals surface area contributed by atoms with Crippen LogP contribution in [0.25, 0.3) is 0 Å². The number of thiazole rings is 1. The average Bonchev–Trinajstić information content (AvgIpc) is 3.09. The number of nitrogens with zero attached hydrogens (tertiary/aromatic N) is 3. The number of aliphatic hydroxyl groups is 1. The molecule has 1 N–H and O–H groups in total. The first-order valence-corrected chi connectivity index (χ1v) is 9.28. The predicted molar refractivity (Wildman–Crippen MR) is 94.4 cm³/mol. The molecule has 3 rings (SSSR count). The van der Waals surface area contributed by atoms with Gasteiger partial charge in [-0.3, -0.25) is 9.69 Å². The van der Waals surface area contributed by atoms with Crippen LogP contribution in [0.1, 0.15) is 23.4 Å². The summed E-state index contributed by atoms with van der Waals surface area (Å²) in [6.45, 7) is 1.05. The quantitative estimate of drug-likeness (QED) is 0.835. The fourth-order valence-electron chi connectivity index (χ4n) is 3.30. The van der Waals surface area contributed by atoms with Crippen molar-refractivity contribution in [1.82, 2.24) is 14.8 Å². The van der Waals surface area contributed by atoms with Gasteiger partial charge in [0.1, 0.15) is 5.01 Å². The van der Waals surface area contributed by atoms with E-state index in [1.807, 2.05) is 17.3 Å². The Morgan fingerprint density at radius 3 is 2.96 bits per heavy atom. The van der Waals surface area contributed by atoms with Gasteiger partial charge in [0.15, 0.2) is 17.2 Å². The largest absolute Gasteiger partial charge is 0.379 e. The van der Waals surface area contributed by atoms with E-state index in [9.17, 15) is 18.7 Å². The van der Waals surface area contributed by atoms with Gasteiger partial charge < -0.3 is 10.0 Å². The van der Waals surface area contributed by atoms with Crippen molar-refractivity contribution in [2.75, 3.05) is 20.1 Å². The van der Waals surface area contributed by atoms with Crippen LogP contribution in [0, 0.1) is 11.6 Å². The maximum absolute atomic E-state index is 13.9. The van der Waals surface area contributed by atoms with Gasteiger partial charge in [0.2, 0.25) is 0 Å². The van der Waals surface area contributed by atoms with E-state index >= 15 is 0 Å². The molecule has 5 nitrogen and oxygen atoms in total. The number of piperidine rings is 1. The van der Waals surface area contributed by atoms with Crippen LogP contribution in [-0.2, 0) is 17.9 Å². The summed E-state index contributed by atoms with van der Waals surface area (Å²) in [7, 11) is 1.82. The number of benzene rings is 1. The van der Waals surface area contributed by atoms with Gasteiger partial charge in [0.25, 0.3) is 5.91 Å². The number of aromatic nitrogens is 1. The summed E-state index contributed by atoms with van der Waals surface area (Å²) in [4.78, 5) is 20.3. The Kier molecular flexibility index (Phi) is 5.64. The molecule has 0 saturated carbocycles. The SMILES string of the molecule is CN(Cc1nccs1)C[C@]1(O)CCCN(Cc2cccc(F)c2F)C1=O. The zero-order chi connectivity index (χ0) is 18.7. The van der Waals surface area contributed by atoms with Crippen LogP contribution in [-0.4, -0.2) is 51.5 Å². The second-order valence-corrected chi connectivity index (χ2v) is 7.65. The fraction of sp³-hybridized carbons (Fsp3) is 0.444. The number of carbonyl (C=O) groups excluding carboxylic acids is 1. The van der Waals surface area contributed by atoms with Gasteiger partial charge >= 0.3 is 0 Å². The normalized spacial score (nSPS) is 20.8. The molecule has 1 aromatic heterocycles. The summed E-state index contributed by atoms with van der Waals surface area (Å²) in [6, 6.07) is 3.91. The van der Waals surface area contributed by atoms with Crippen LogP contribution in [0.15, 0.2) is 29.8 Å². The molecular weight excluding hydrogens is 360 g/mol. The smallest absolute Gasteiger partial charge is 0.256 e. The van der Waals surface area contributed by atoms with Crippen LogP contribution in [0.5, 0.6) is 0 Å². The van der Waals surface area contributed by atoms with Crippen LogP contribution < -0.4 is 0 Å². The highest BCUT2D eigenvalue weighted by Crippen LogP contribution is 2.26. The number of likely N-dealkylation sites (tertiary alicyclic amines) is 1. The lowest BCUT2D eigenvalue weighted by molar-refractivity contribution is -0.160. The van der Waals surface area contributed by atoms with E-state index in [0.717, 1.165) is 11.1 Å².